The number of carbonyl (C=O) groups is 3. The van der Waals surface area contributed by atoms with Crippen LogP contribution in [0.3, 0.4) is 0 Å². The van der Waals surface area contributed by atoms with Crippen molar-refractivity contribution in [3.05, 3.63) is 0 Å². The van der Waals surface area contributed by atoms with E-state index in [9.17, 15) is 14.4 Å². The fourth-order valence-electron chi connectivity index (χ4n) is 1.03. The van der Waals surface area contributed by atoms with Crippen LogP contribution in [-0.2, 0) is 14.4 Å². The first-order chi connectivity index (χ1) is 5.67. The zero-order chi connectivity index (χ0) is 9.56. The molecule has 0 aliphatic heterocycles. The number of carbonyl (C=O) groups excluding carboxylic acids is 3. The van der Waals surface area contributed by atoms with Gasteiger partial charge in [0.05, 0.1) is 5.92 Å². The molecule has 0 bridgehead atoms. The van der Waals surface area contributed by atoms with E-state index in [1.54, 1.807) is 13.8 Å². The van der Waals surface area contributed by atoms with E-state index < -0.39 is 5.92 Å². The summed E-state index contributed by atoms with van der Waals surface area (Å²) in [6.45, 7) is 3.39. The molecular formula is C9H14O3. The van der Waals surface area contributed by atoms with Gasteiger partial charge < -0.3 is 4.79 Å². The van der Waals surface area contributed by atoms with Crippen molar-refractivity contribution >= 4 is 17.9 Å². The quantitative estimate of drug-likeness (QED) is 0.444. The molecule has 0 unspecified atom stereocenters. The minimum atomic E-state index is -0.683. The zero-order valence-electron chi connectivity index (χ0n) is 7.50. The monoisotopic (exact) mass is 170 g/mol. The van der Waals surface area contributed by atoms with Gasteiger partial charge in [-0.05, 0) is 0 Å². The molecule has 0 fully saturated rings. The summed E-state index contributed by atoms with van der Waals surface area (Å²) in [5, 5.41) is 0. The molecule has 3 heteroatoms. The van der Waals surface area contributed by atoms with Crippen LogP contribution in [0.25, 0.3) is 0 Å². The fraction of sp³-hybridized carbons (Fsp3) is 0.667. The Bertz CT molecular complexity index is 168. The van der Waals surface area contributed by atoms with E-state index >= 15 is 0 Å². The van der Waals surface area contributed by atoms with Gasteiger partial charge in [0.1, 0.15) is 17.9 Å². The number of aldehydes is 1. The Labute approximate surface area is 72.1 Å². The average Bonchev–Trinajstić information content (AvgIpc) is 2.11. The highest BCUT2D eigenvalue weighted by atomic mass is 16.2. The highest BCUT2D eigenvalue weighted by Gasteiger charge is 2.22. The lowest BCUT2D eigenvalue weighted by Gasteiger charge is -2.08. The van der Waals surface area contributed by atoms with Crippen molar-refractivity contribution in [3.63, 3.8) is 0 Å². The molecule has 0 heterocycles. The van der Waals surface area contributed by atoms with E-state index in [-0.39, 0.29) is 18.0 Å². The largest absolute Gasteiger partial charge is 0.303 e. The minimum Gasteiger partial charge on any atom is -0.303 e. The van der Waals surface area contributed by atoms with E-state index in [0.29, 0.717) is 19.1 Å². The maximum absolute atomic E-state index is 11.1. The summed E-state index contributed by atoms with van der Waals surface area (Å²) in [6.07, 6.45) is 1.32. The Morgan fingerprint density at radius 1 is 1.17 bits per heavy atom. The van der Waals surface area contributed by atoms with Gasteiger partial charge in [-0.2, -0.15) is 0 Å². The van der Waals surface area contributed by atoms with Crippen LogP contribution in [0.5, 0.6) is 0 Å². The Morgan fingerprint density at radius 3 is 1.83 bits per heavy atom. The van der Waals surface area contributed by atoms with E-state index in [0.717, 1.165) is 0 Å². The van der Waals surface area contributed by atoms with Gasteiger partial charge in [0, 0.05) is 19.3 Å². The van der Waals surface area contributed by atoms with Gasteiger partial charge in [0.2, 0.25) is 0 Å². The first-order valence-corrected chi connectivity index (χ1v) is 4.16. The molecule has 0 atom stereocenters. The van der Waals surface area contributed by atoms with Crippen LogP contribution in [0.15, 0.2) is 0 Å². The number of hydrogen-bond donors (Lipinski definition) is 0. The first kappa shape index (κ1) is 11.0. The maximum Gasteiger partial charge on any atom is 0.143 e. The predicted octanol–water partition coefficient (Wildman–Crippen LogP) is 1.15. The summed E-state index contributed by atoms with van der Waals surface area (Å²) in [6, 6.07) is 0. The van der Waals surface area contributed by atoms with Crippen LogP contribution in [-0.4, -0.2) is 17.9 Å². The maximum atomic E-state index is 11.1. The van der Waals surface area contributed by atoms with Crippen LogP contribution in [0.1, 0.15) is 33.1 Å². The lowest BCUT2D eigenvalue weighted by molar-refractivity contribution is -0.134. The van der Waals surface area contributed by atoms with Crippen molar-refractivity contribution in [1.29, 1.82) is 0 Å². The van der Waals surface area contributed by atoms with Crippen LogP contribution >= 0.6 is 0 Å². The Hall–Kier alpha value is -0.990. The third kappa shape index (κ3) is 2.95. The van der Waals surface area contributed by atoms with Crippen molar-refractivity contribution < 1.29 is 14.4 Å². The van der Waals surface area contributed by atoms with E-state index in [4.69, 9.17) is 0 Å². The molecule has 0 aromatic heterocycles. The summed E-state index contributed by atoms with van der Waals surface area (Å²) in [7, 11) is 0. The van der Waals surface area contributed by atoms with Gasteiger partial charge in [-0.15, -0.1) is 0 Å². The molecule has 0 N–H and O–H groups in total. The SMILES string of the molecule is CCC(=O)C(CC=O)C(=O)CC. The summed E-state index contributed by atoms with van der Waals surface area (Å²) in [5.74, 6) is -0.944. The van der Waals surface area contributed by atoms with Gasteiger partial charge in [-0.1, -0.05) is 13.8 Å². The molecule has 0 spiro atoms. The zero-order valence-corrected chi connectivity index (χ0v) is 7.50. The van der Waals surface area contributed by atoms with Gasteiger partial charge in [-0.25, -0.2) is 0 Å². The molecule has 0 aromatic carbocycles. The fourth-order valence-corrected chi connectivity index (χ4v) is 1.03. The minimum absolute atomic E-state index is 0.0410. The molecule has 0 aromatic rings. The van der Waals surface area contributed by atoms with E-state index in [1.807, 2.05) is 0 Å². The van der Waals surface area contributed by atoms with Crippen molar-refractivity contribution in [1.82, 2.24) is 0 Å². The second-order valence-corrected chi connectivity index (χ2v) is 2.59. The van der Waals surface area contributed by atoms with Crippen molar-refractivity contribution in [2.45, 2.75) is 33.1 Å². The molecule has 12 heavy (non-hydrogen) atoms. The van der Waals surface area contributed by atoms with Crippen LogP contribution in [0, 0.1) is 5.92 Å². The predicted molar refractivity (Wildman–Crippen MR) is 44.8 cm³/mol. The molecular weight excluding hydrogens is 156 g/mol. The molecule has 0 saturated heterocycles. The van der Waals surface area contributed by atoms with Crippen molar-refractivity contribution in [2.75, 3.05) is 0 Å². The first-order valence-electron chi connectivity index (χ1n) is 4.16. The molecule has 0 rings (SSSR count). The Morgan fingerprint density at radius 2 is 1.58 bits per heavy atom. The second kappa shape index (κ2) is 5.63. The average molecular weight is 170 g/mol. The highest BCUT2D eigenvalue weighted by Crippen LogP contribution is 2.09. The Kier molecular flexibility index (Phi) is 5.17. The third-order valence-corrected chi connectivity index (χ3v) is 1.81. The molecule has 0 amide bonds. The third-order valence-electron chi connectivity index (χ3n) is 1.81. The molecule has 3 nitrogen and oxygen atoms in total. The lowest BCUT2D eigenvalue weighted by atomic mass is 9.93. The second-order valence-electron chi connectivity index (χ2n) is 2.59. The van der Waals surface area contributed by atoms with Gasteiger partial charge in [0.15, 0.2) is 0 Å². The van der Waals surface area contributed by atoms with Gasteiger partial charge >= 0.3 is 0 Å². The topological polar surface area (TPSA) is 51.2 Å². The van der Waals surface area contributed by atoms with Crippen LogP contribution in [0.4, 0.5) is 0 Å². The van der Waals surface area contributed by atoms with Crippen molar-refractivity contribution in [2.24, 2.45) is 5.92 Å². The smallest absolute Gasteiger partial charge is 0.143 e. The summed E-state index contributed by atoms with van der Waals surface area (Å²) in [5.41, 5.74) is 0. The summed E-state index contributed by atoms with van der Waals surface area (Å²) in [4.78, 5) is 32.4. The van der Waals surface area contributed by atoms with Gasteiger partial charge in [-0.3, -0.25) is 9.59 Å². The number of rotatable bonds is 6. The van der Waals surface area contributed by atoms with E-state index in [2.05, 4.69) is 0 Å². The number of ketones is 2. The summed E-state index contributed by atoms with van der Waals surface area (Å²) >= 11 is 0. The normalized spacial score (nSPS) is 9.92. The number of hydrogen-bond acceptors (Lipinski definition) is 3. The molecule has 0 saturated carbocycles. The van der Waals surface area contributed by atoms with E-state index in [1.165, 1.54) is 0 Å². The summed E-state index contributed by atoms with van der Waals surface area (Å²) < 4.78 is 0. The number of Topliss-reactive ketones (excluding diaryl/α,β-unsaturated/α-hetero) is 2. The standard InChI is InChI=1S/C9H14O3/c1-3-8(11)7(5-6-10)9(12)4-2/h6-7H,3-5H2,1-2H3. The highest BCUT2D eigenvalue weighted by molar-refractivity contribution is 6.03. The van der Waals surface area contributed by atoms with Crippen LogP contribution < -0.4 is 0 Å². The van der Waals surface area contributed by atoms with Gasteiger partial charge in [0.25, 0.3) is 0 Å². The molecule has 0 radical (unpaired) electrons. The van der Waals surface area contributed by atoms with Crippen LogP contribution in [0.2, 0.25) is 0 Å². The Balaban J connectivity index is 4.31. The molecule has 0 aliphatic rings. The van der Waals surface area contributed by atoms with Crippen molar-refractivity contribution in [3.8, 4) is 0 Å². The molecule has 0 aliphatic carbocycles. The lowest BCUT2D eigenvalue weighted by Crippen LogP contribution is -2.23. The molecule has 68 valence electrons.